The first-order valence-corrected chi connectivity index (χ1v) is 2.28. The van der Waals surface area contributed by atoms with E-state index < -0.39 is 18.0 Å². The molecule has 1 unspecified atom stereocenters. The van der Waals surface area contributed by atoms with E-state index in [1.54, 1.807) is 0 Å². The first kappa shape index (κ1) is 10.2. The maximum atomic E-state index is 12.1. The van der Waals surface area contributed by atoms with Crippen LogP contribution in [0.4, 0.5) is 17.6 Å². The van der Waals surface area contributed by atoms with Gasteiger partial charge in [0.05, 0.1) is 0 Å². The van der Waals surface area contributed by atoms with Crippen LogP contribution in [0.15, 0.2) is 0 Å². The Labute approximate surface area is 58.6 Å². The van der Waals surface area contributed by atoms with Gasteiger partial charge in [-0.3, -0.25) is 0 Å². The van der Waals surface area contributed by atoms with Crippen LogP contribution in [0.1, 0.15) is 0 Å². The molecule has 0 spiro atoms. The monoisotopic (exact) mass is 175 g/mol. The van der Waals surface area contributed by atoms with Gasteiger partial charge < -0.3 is 14.6 Å². The molecule has 1 atom stereocenters. The summed E-state index contributed by atoms with van der Waals surface area (Å²) in [6, 6.07) is 0. The maximum absolute atomic E-state index is 12.1. The Kier molecular flexibility index (Phi) is 2.44. The zero-order valence-electron chi connectivity index (χ0n) is 5.24. The molecule has 0 heterocycles. The summed E-state index contributed by atoms with van der Waals surface area (Å²) in [7, 11) is 0.281. The van der Waals surface area contributed by atoms with Crippen LogP contribution in [0.2, 0.25) is 0 Å². The average molecular weight is 175 g/mol. The number of carboxylic acids is 1. The second-order valence-electron chi connectivity index (χ2n) is 1.58. The van der Waals surface area contributed by atoms with E-state index in [4.69, 9.17) is 0 Å². The number of hydrogen-bond acceptors (Lipinski definition) is 3. The van der Waals surface area contributed by atoms with Crippen LogP contribution in [-0.4, -0.2) is 25.1 Å². The lowest BCUT2D eigenvalue weighted by molar-refractivity contribution is -0.383. The summed E-state index contributed by atoms with van der Waals surface area (Å²) >= 11 is 0. The standard InChI is InChI=1S/C4H4F4O3/c1-11-3(5,2(9)10)4(6,7)8/h1H3,(H,9,10)/p-1. The molecule has 3 nitrogen and oxygen atoms in total. The topological polar surface area (TPSA) is 49.4 Å². The molecule has 0 bridgehead atoms. The van der Waals surface area contributed by atoms with Gasteiger partial charge in [0.15, 0.2) is 0 Å². The van der Waals surface area contributed by atoms with Crippen molar-refractivity contribution in [2.45, 2.75) is 12.0 Å². The molecule has 0 fully saturated rings. The molecule has 0 aromatic rings. The van der Waals surface area contributed by atoms with Crippen LogP contribution >= 0.6 is 0 Å². The Morgan fingerprint density at radius 2 is 1.73 bits per heavy atom. The second-order valence-corrected chi connectivity index (χ2v) is 1.58. The highest BCUT2D eigenvalue weighted by molar-refractivity contribution is 5.74. The third-order valence-electron chi connectivity index (χ3n) is 0.908. The molecule has 0 aromatic carbocycles. The zero-order valence-corrected chi connectivity index (χ0v) is 5.24. The minimum absolute atomic E-state index is 0.281. The van der Waals surface area contributed by atoms with Crippen molar-refractivity contribution >= 4 is 5.97 Å². The molecule has 66 valence electrons. The van der Waals surface area contributed by atoms with Crippen LogP contribution in [0.3, 0.4) is 0 Å². The van der Waals surface area contributed by atoms with Crippen LogP contribution < -0.4 is 5.11 Å². The van der Waals surface area contributed by atoms with E-state index in [1.165, 1.54) is 0 Å². The van der Waals surface area contributed by atoms with Crippen molar-refractivity contribution in [3.05, 3.63) is 0 Å². The van der Waals surface area contributed by atoms with Crippen molar-refractivity contribution in [3.8, 4) is 0 Å². The number of carbonyl (C=O) groups is 1. The molecule has 0 amide bonds. The Balaban J connectivity index is 4.75. The fourth-order valence-corrected chi connectivity index (χ4v) is 0.315. The largest absolute Gasteiger partial charge is 0.544 e. The SMILES string of the molecule is COC(F)(C(=O)[O-])C(F)(F)F. The van der Waals surface area contributed by atoms with Crippen LogP contribution in [0.5, 0.6) is 0 Å². The molecule has 0 rings (SSSR count). The number of hydrogen-bond donors (Lipinski definition) is 0. The minimum Gasteiger partial charge on any atom is -0.544 e. The van der Waals surface area contributed by atoms with Crippen molar-refractivity contribution in [1.29, 1.82) is 0 Å². The van der Waals surface area contributed by atoms with Gasteiger partial charge in [-0.1, -0.05) is 0 Å². The van der Waals surface area contributed by atoms with E-state index >= 15 is 0 Å². The fraction of sp³-hybridized carbons (Fsp3) is 0.750. The summed E-state index contributed by atoms with van der Waals surface area (Å²) in [6.45, 7) is 0. The zero-order chi connectivity index (χ0) is 9.28. The lowest BCUT2D eigenvalue weighted by atomic mass is 10.3. The third kappa shape index (κ3) is 1.59. The van der Waals surface area contributed by atoms with Gasteiger partial charge in [-0.05, 0) is 0 Å². The van der Waals surface area contributed by atoms with Gasteiger partial charge in [0.25, 0.3) is 0 Å². The number of methoxy groups -OCH3 is 1. The molecule has 0 aliphatic carbocycles. The van der Waals surface area contributed by atoms with E-state index in [0.717, 1.165) is 0 Å². The molecule has 0 aromatic heterocycles. The molecule has 0 saturated heterocycles. The average Bonchev–Trinajstić information content (AvgIpc) is 1.83. The molecular formula is C4H3F4O3-. The Hall–Kier alpha value is -0.850. The number of halogens is 4. The van der Waals surface area contributed by atoms with Crippen molar-refractivity contribution < 1.29 is 32.2 Å². The highest BCUT2D eigenvalue weighted by Gasteiger charge is 2.58. The van der Waals surface area contributed by atoms with Gasteiger partial charge in [-0.2, -0.15) is 17.6 Å². The van der Waals surface area contributed by atoms with Crippen molar-refractivity contribution in [2.75, 3.05) is 7.11 Å². The Morgan fingerprint density at radius 3 is 1.73 bits per heavy atom. The predicted molar refractivity (Wildman–Crippen MR) is 21.9 cm³/mol. The molecular weight excluding hydrogens is 172 g/mol. The lowest BCUT2D eigenvalue weighted by Gasteiger charge is -2.26. The van der Waals surface area contributed by atoms with Gasteiger partial charge in [0, 0.05) is 7.11 Å². The van der Waals surface area contributed by atoms with Crippen molar-refractivity contribution in [2.24, 2.45) is 0 Å². The van der Waals surface area contributed by atoms with Gasteiger partial charge in [-0.15, -0.1) is 0 Å². The van der Waals surface area contributed by atoms with E-state index in [1.807, 2.05) is 0 Å². The molecule has 0 radical (unpaired) electrons. The molecule has 0 N–H and O–H groups in total. The number of carboxylic acid groups (broad SMARTS) is 1. The summed E-state index contributed by atoms with van der Waals surface area (Å²) in [5, 5.41) is 9.57. The third-order valence-corrected chi connectivity index (χ3v) is 0.908. The molecule has 0 aliphatic heterocycles. The minimum atomic E-state index is -5.62. The van der Waals surface area contributed by atoms with E-state index in [2.05, 4.69) is 4.74 Å². The Bertz CT molecular complexity index is 165. The van der Waals surface area contributed by atoms with Crippen molar-refractivity contribution in [1.82, 2.24) is 0 Å². The van der Waals surface area contributed by atoms with Crippen molar-refractivity contribution in [3.63, 3.8) is 0 Å². The van der Waals surface area contributed by atoms with Crippen LogP contribution in [-0.2, 0) is 9.53 Å². The first-order valence-electron chi connectivity index (χ1n) is 2.28. The summed E-state index contributed by atoms with van der Waals surface area (Å²) in [5.74, 6) is -7.68. The second kappa shape index (κ2) is 2.65. The van der Waals surface area contributed by atoms with E-state index in [0.29, 0.717) is 0 Å². The van der Waals surface area contributed by atoms with Gasteiger partial charge >= 0.3 is 12.0 Å². The van der Waals surface area contributed by atoms with E-state index in [9.17, 15) is 27.5 Å². The summed E-state index contributed by atoms with van der Waals surface area (Å²) in [6.07, 6.45) is -5.62. The number of ether oxygens (including phenoxy) is 1. The molecule has 0 aliphatic rings. The van der Waals surface area contributed by atoms with Crippen LogP contribution in [0.25, 0.3) is 0 Å². The quantitative estimate of drug-likeness (QED) is 0.537. The normalized spacial score (nSPS) is 17.5. The number of alkyl halides is 4. The van der Waals surface area contributed by atoms with Crippen LogP contribution in [0, 0.1) is 0 Å². The smallest absolute Gasteiger partial charge is 0.454 e. The highest BCUT2D eigenvalue weighted by Crippen LogP contribution is 2.33. The molecule has 11 heavy (non-hydrogen) atoms. The predicted octanol–water partition coefficient (Wildman–Crippen LogP) is -0.389. The van der Waals surface area contributed by atoms with Gasteiger partial charge in [-0.25, -0.2) is 0 Å². The van der Waals surface area contributed by atoms with Gasteiger partial charge in [0.1, 0.15) is 5.97 Å². The lowest BCUT2D eigenvalue weighted by Crippen LogP contribution is -2.56. The summed E-state index contributed by atoms with van der Waals surface area (Å²) < 4.78 is 49.6. The number of carbonyl (C=O) groups excluding carboxylic acids is 1. The van der Waals surface area contributed by atoms with Gasteiger partial charge in [0.2, 0.25) is 0 Å². The highest BCUT2D eigenvalue weighted by atomic mass is 19.4. The summed E-state index contributed by atoms with van der Waals surface area (Å²) in [5.41, 5.74) is 0. The number of rotatable bonds is 2. The summed E-state index contributed by atoms with van der Waals surface area (Å²) in [4.78, 5) is 9.57. The molecule has 7 heteroatoms. The Morgan fingerprint density at radius 1 is 1.36 bits per heavy atom. The fourth-order valence-electron chi connectivity index (χ4n) is 0.315. The molecule has 0 saturated carbocycles. The maximum Gasteiger partial charge on any atom is 0.454 e. The number of aliphatic carboxylic acids is 1. The van der Waals surface area contributed by atoms with E-state index in [-0.39, 0.29) is 7.11 Å². The first-order chi connectivity index (χ1) is 4.75.